The SMILES string of the molecule is COc1cc(O)cc(C)c1CN. The lowest BCUT2D eigenvalue weighted by Gasteiger charge is -2.09. The highest BCUT2D eigenvalue weighted by atomic mass is 16.5. The molecule has 3 nitrogen and oxygen atoms in total. The fraction of sp³-hybridized carbons (Fsp3) is 0.333. The first-order valence-corrected chi connectivity index (χ1v) is 3.75. The standard InChI is InChI=1S/C9H13NO2/c1-6-3-7(11)4-9(12-2)8(6)5-10/h3-4,11H,5,10H2,1-2H3. The van der Waals surface area contributed by atoms with E-state index in [9.17, 15) is 5.11 Å². The number of methoxy groups -OCH3 is 1. The molecule has 3 heteroatoms. The molecular formula is C9H13NO2. The van der Waals surface area contributed by atoms with Gasteiger partial charge in [0, 0.05) is 18.2 Å². The number of aryl methyl sites for hydroxylation is 1. The number of ether oxygens (including phenoxy) is 1. The molecule has 0 radical (unpaired) electrons. The third-order valence-electron chi connectivity index (χ3n) is 1.84. The lowest BCUT2D eigenvalue weighted by Crippen LogP contribution is -2.02. The van der Waals surface area contributed by atoms with Gasteiger partial charge >= 0.3 is 0 Å². The van der Waals surface area contributed by atoms with E-state index in [1.807, 2.05) is 6.92 Å². The van der Waals surface area contributed by atoms with Crippen molar-refractivity contribution in [3.05, 3.63) is 23.3 Å². The van der Waals surface area contributed by atoms with Crippen LogP contribution in [0.25, 0.3) is 0 Å². The van der Waals surface area contributed by atoms with Gasteiger partial charge in [-0.25, -0.2) is 0 Å². The van der Waals surface area contributed by atoms with Crippen molar-refractivity contribution in [2.24, 2.45) is 5.73 Å². The second-order valence-electron chi connectivity index (χ2n) is 2.65. The molecule has 0 aromatic heterocycles. The third kappa shape index (κ3) is 1.51. The summed E-state index contributed by atoms with van der Waals surface area (Å²) in [5, 5.41) is 9.22. The van der Waals surface area contributed by atoms with Gasteiger partial charge in [-0.3, -0.25) is 0 Å². The Labute approximate surface area is 71.8 Å². The predicted molar refractivity (Wildman–Crippen MR) is 47.3 cm³/mol. The Hall–Kier alpha value is -1.22. The average Bonchev–Trinajstić information content (AvgIpc) is 2.03. The van der Waals surface area contributed by atoms with Crippen LogP contribution in [0.3, 0.4) is 0 Å². The number of nitrogens with two attached hydrogens (primary N) is 1. The molecule has 0 bridgehead atoms. The third-order valence-corrected chi connectivity index (χ3v) is 1.84. The van der Waals surface area contributed by atoms with E-state index in [2.05, 4.69) is 0 Å². The normalized spacial score (nSPS) is 9.92. The molecule has 0 fully saturated rings. The molecule has 0 atom stereocenters. The number of phenols is 1. The van der Waals surface area contributed by atoms with E-state index in [1.165, 1.54) is 0 Å². The van der Waals surface area contributed by atoms with E-state index in [-0.39, 0.29) is 5.75 Å². The highest BCUT2D eigenvalue weighted by Gasteiger charge is 2.05. The molecule has 0 aliphatic rings. The van der Waals surface area contributed by atoms with E-state index in [1.54, 1.807) is 19.2 Å². The van der Waals surface area contributed by atoms with Crippen molar-refractivity contribution in [1.82, 2.24) is 0 Å². The quantitative estimate of drug-likeness (QED) is 0.695. The topological polar surface area (TPSA) is 55.5 Å². The number of hydrogen-bond donors (Lipinski definition) is 2. The van der Waals surface area contributed by atoms with E-state index < -0.39 is 0 Å². The van der Waals surface area contributed by atoms with Gasteiger partial charge in [-0.2, -0.15) is 0 Å². The number of hydrogen-bond acceptors (Lipinski definition) is 3. The molecule has 1 aromatic rings. The minimum atomic E-state index is 0.210. The molecule has 1 aromatic carbocycles. The molecule has 3 N–H and O–H groups in total. The Morgan fingerprint density at radius 2 is 2.17 bits per heavy atom. The summed E-state index contributed by atoms with van der Waals surface area (Å²) in [5.41, 5.74) is 7.41. The van der Waals surface area contributed by atoms with Gasteiger partial charge in [-0.15, -0.1) is 0 Å². The van der Waals surface area contributed by atoms with Crippen LogP contribution in [0.2, 0.25) is 0 Å². The molecule has 0 heterocycles. The summed E-state index contributed by atoms with van der Waals surface area (Å²) in [6.45, 7) is 2.32. The first-order valence-electron chi connectivity index (χ1n) is 3.75. The Kier molecular flexibility index (Phi) is 2.55. The molecule has 0 spiro atoms. The average molecular weight is 167 g/mol. The van der Waals surface area contributed by atoms with Gasteiger partial charge < -0.3 is 15.6 Å². The van der Waals surface area contributed by atoms with Crippen LogP contribution in [0.1, 0.15) is 11.1 Å². The highest BCUT2D eigenvalue weighted by molar-refractivity contribution is 5.45. The summed E-state index contributed by atoms with van der Waals surface area (Å²) in [5.74, 6) is 0.858. The summed E-state index contributed by atoms with van der Waals surface area (Å²) < 4.78 is 5.06. The molecule has 66 valence electrons. The van der Waals surface area contributed by atoms with Gasteiger partial charge in [0.25, 0.3) is 0 Å². The van der Waals surface area contributed by atoms with Crippen LogP contribution in [0.4, 0.5) is 0 Å². The molecule has 0 aliphatic carbocycles. The Bertz CT molecular complexity index is 284. The van der Waals surface area contributed by atoms with Gasteiger partial charge in [0.2, 0.25) is 0 Å². The molecule has 0 aliphatic heterocycles. The van der Waals surface area contributed by atoms with Crippen LogP contribution >= 0.6 is 0 Å². The van der Waals surface area contributed by atoms with Crippen molar-refractivity contribution < 1.29 is 9.84 Å². The number of aromatic hydroxyl groups is 1. The predicted octanol–water partition coefficient (Wildman–Crippen LogP) is 1.17. The number of rotatable bonds is 2. The molecular weight excluding hydrogens is 154 g/mol. The first-order chi connectivity index (χ1) is 5.69. The number of phenolic OH excluding ortho intramolecular Hbond substituents is 1. The molecule has 0 saturated carbocycles. The van der Waals surface area contributed by atoms with Crippen molar-refractivity contribution in [2.75, 3.05) is 7.11 Å². The minimum absolute atomic E-state index is 0.210. The van der Waals surface area contributed by atoms with Crippen molar-refractivity contribution in [1.29, 1.82) is 0 Å². The lowest BCUT2D eigenvalue weighted by molar-refractivity contribution is 0.402. The largest absolute Gasteiger partial charge is 0.508 e. The zero-order chi connectivity index (χ0) is 9.14. The van der Waals surface area contributed by atoms with Gasteiger partial charge in [0.1, 0.15) is 11.5 Å². The van der Waals surface area contributed by atoms with Crippen molar-refractivity contribution in [3.63, 3.8) is 0 Å². The summed E-state index contributed by atoms with van der Waals surface area (Å²) in [4.78, 5) is 0. The van der Waals surface area contributed by atoms with Crippen LogP contribution in [-0.4, -0.2) is 12.2 Å². The Morgan fingerprint density at radius 1 is 1.50 bits per heavy atom. The second-order valence-corrected chi connectivity index (χ2v) is 2.65. The summed E-state index contributed by atoms with van der Waals surface area (Å²) in [6, 6.07) is 3.24. The summed E-state index contributed by atoms with van der Waals surface area (Å²) in [6.07, 6.45) is 0. The monoisotopic (exact) mass is 167 g/mol. The first kappa shape index (κ1) is 8.87. The van der Waals surface area contributed by atoms with Gasteiger partial charge in [-0.1, -0.05) is 0 Å². The van der Waals surface area contributed by atoms with Gasteiger partial charge in [0.15, 0.2) is 0 Å². The van der Waals surface area contributed by atoms with Crippen LogP contribution in [0.5, 0.6) is 11.5 Å². The smallest absolute Gasteiger partial charge is 0.127 e. The van der Waals surface area contributed by atoms with E-state index in [0.29, 0.717) is 12.3 Å². The van der Waals surface area contributed by atoms with Gasteiger partial charge in [0.05, 0.1) is 7.11 Å². The zero-order valence-electron chi connectivity index (χ0n) is 7.29. The Morgan fingerprint density at radius 3 is 2.67 bits per heavy atom. The summed E-state index contributed by atoms with van der Waals surface area (Å²) in [7, 11) is 1.56. The zero-order valence-corrected chi connectivity index (χ0v) is 7.29. The summed E-state index contributed by atoms with van der Waals surface area (Å²) >= 11 is 0. The number of benzene rings is 1. The molecule has 1 rings (SSSR count). The van der Waals surface area contributed by atoms with E-state index in [0.717, 1.165) is 11.1 Å². The van der Waals surface area contributed by atoms with Crippen LogP contribution in [0, 0.1) is 6.92 Å². The van der Waals surface area contributed by atoms with E-state index in [4.69, 9.17) is 10.5 Å². The maximum Gasteiger partial charge on any atom is 0.127 e. The fourth-order valence-corrected chi connectivity index (χ4v) is 1.21. The van der Waals surface area contributed by atoms with E-state index >= 15 is 0 Å². The second kappa shape index (κ2) is 3.45. The molecule has 0 saturated heterocycles. The molecule has 0 unspecified atom stereocenters. The van der Waals surface area contributed by atoms with Crippen molar-refractivity contribution >= 4 is 0 Å². The van der Waals surface area contributed by atoms with Crippen LogP contribution in [-0.2, 0) is 6.54 Å². The maximum atomic E-state index is 9.22. The van der Waals surface area contributed by atoms with Crippen LogP contribution < -0.4 is 10.5 Å². The molecule has 12 heavy (non-hydrogen) atoms. The highest BCUT2D eigenvalue weighted by Crippen LogP contribution is 2.26. The van der Waals surface area contributed by atoms with Gasteiger partial charge in [-0.05, 0) is 18.6 Å². The minimum Gasteiger partial charge on any atom is -0.508 e. The van der Waals surface area contributed by atoms with Crippen molar-refractivity contribution in [3.8, 4) is 11.5 Å². The van der Waals surface area contributed by atoms with Crippen LogP contribution in [0.15, 0.2) is 12.1 Å². The molecule has 0 amide bonds. The van der Waals surface area contributed by atoms with Crippen molar-refractivity contribution in [2.45, 2.75) is 13.5 Å². The lowest BCUT2D eigenvalue weighted by atomic mass is 10.1. The Balaban J connectivity index is 3.24. The fourth-order valence-electron chi connectivity index (χ4n) is 1.21. The maximum absolute atomic E-state index is 9.22.